The van der Waals surface area contributed by atoms with Crippen LogP contribution in [0.5, 0.6) is 0 Å². The molecule has 0 aliphatic carbocycles. The number of sulfonamides is 1. The van der Waals surface area contributed by atoms with E-state index in [-0.39, 0.29) is 13.0 Å². The standard InChI is InChI=1S/C15H21F2N3O4S/c1-15(2,3)20-25(23,24)13-6-11(9(16)5-10(13)17)19-14(22)12-4-8(21)7-18-12/h5-6,8,12,18,20-21H,4,7H2,1-3H3,(H,19,22). The third-order valence-electron chi connectivity index (χ3n) is 3.43. The minimum atomic E-state index is -4.25. The molecule has 2 rings (SSSR count). The Hall–Kier alpha value is -1.62. The van der Waals surface area contributed by atoms with Gasteiger partial charge >= 0.3 is 0 Å². The van der Waals surface area contributed by atoms with E-state index in [2.05, 4.69) is 15.4 Å². The van der Waals surface area contributed by atoms with Gasteiger partial charge in [-0.05, 0) is 33.3 Å². The maximum absolute atomic E-state index is 14.0. The van der Waals surface area contributed by atoms with Gasteiger partial charge in [0.1, 0.15) is 16.5 Å². The molecule has 1 fully saturated rings. The van der Waals surface area contributed by atoms with E-state index in [0.717, 1.165) is 6.07 Å². The summed E-state index contributed by atoms with van der Waals surface area (Å²) in [5, 5.41) is 14.4. The smallest absolute Gasteiger partial charge is 0.244 e. The number of hydrogen-bond acceptors (Lipinski definition) is 5. The van der Waals surface area contributed by atoms with Gasteiger partial charge in [-0.25, -0.2) is 21.9 Å². The Kier molecular flexibility index (Phi) is 5.47. The van der Waals surface area contributed by atoms with Crippen LogP contribution in [-0.2, 0) is 14.8 Å². The average Bonchev–Trinajstić information content (AvgIpc) is 2.85. The molecule has 0 saturated carbocycles. The van der Waals surface area contributed by atoms with Gasteiger partial charge in [-0.3, -0.25) is 4.79 Å². The molecule has 1 amide bonds. The second kappa shape index (κ2) is 6.94. The fourth-order valence-corrected chi connectivity index (χ4v) is 3.93. The molecule has 0 bridgehead atoms. The highest BCUT2D eigenvalue weighted by atomic mass is 32.2. The molecule has 2 atom stereocenters. The molecule has 1 aliphatic rings. The van der Waals surface area contributed by atoms with E-state index in [9.17, 15) is 27.1 Å². The number of anilines is 1. The van der Waals surface area contributed by atoms with E-state index < -0.39 is 55.8 Å². The summed E-state index contributed by atoms with van der Waals surface area (Å²) in [4.78, 5) is 11.3. The molecule has 0 radical (unpaired) electrons. The normalized spacial score (nSPS) is 21.4. The quantitative estimate of drug-likeness (QED) is 0.618. The van der Waals surface area contributed by atoms with Crippen molar-refractivity contribution >= 4 is 21.6 Å². The van der Waals surface area contributed by atoms with E-state index >= 15 is 0 Å². The summed E-state index contributed by atoms with van der Waals surface area (Å²) >= 11 is 0. The van der Waals surface area contributed by atoms with Crippen molar-refractivity contribution < 1.29 is 27.1 Å². The average molecular weight is 377 g/mol. The predicted molar refractivity (Wildman–Crippen MR) is 87.5 cm³/mol. The number of halogens is 2. The van der Waals surface area contributed by atoms with Crippen molar-refractivity contribution in [2.75, 3.05) is 11.9 Å². The lowest BCUT2D eigenvalue weighted by molar-refractivity contribution is -0.118. The molecule has 1 aromatic carbocycles. The maximum atomic E-state index is 14.0. The van der Waals surface area contributed by atoms with Crippen LogP contribution in [0.3, 0.4) is 0 Å². The molecule has 0 aromatic heterocycles. The first-order valence-corrected chi connectivity index (χ1v) is 9.13. The summed E-state index contributed by atoms with van der Waals surface area (Å²) in [7, 11) is -4.25. The van der Waals surface area contributed by atoms with Crippen LogP contribution >= 0.6 is 0 Å². The molecule has 140 valence electrons. The number of rotatable bonds is 4. The van der Waals surface area contributed by atoms with Gasteiger partial charge in [0.25, 0.3) is 0 Å². The van der Waals surface area contributed by atoms with Crippen molar-refractivity contribution in [2.45, 2.75) is 49.8 Å². The summed E-state index contributed by atoms with van der Waals surface area (Å²) in [6.45, 7) is 4.95. The molecule has 1 aromatic rings. The zero-order valence-electron chi connectivity index (χ0n) is 14.1. The van der Waals surface area contributed by atoms with Crippen molar-refractivity contribution in [3.63, 3.8) is 0 Å². The third-order valence-corrected chi connectivity index (χ3v) is 5.21. The molecule has 2 unspecified atom stereocenters. The summed E-state index contributed by atoms with van der Waals surface area (Å²) in [6, 6.07) is 0.401. The molecule has 4 N–H and O–H groups in total. The van der Waals surface area contributed by atoms with Crippen LogP contribution < -0.4 is 15.4 Å². The Bertz CT molecular complexity index is 778. The highest BCUT2D eigenvalue weighted by Crippen LogP contribution is 2.25. The SMILES string of the molecule is CC(C)(C)NS(=O)(=O)c1cc(NC(=O)C2CC(O)CN2)c(F)cc1F. The maximum Gasteiger partial charge on any atom is 0.244 e. The van der Waals surface area contributed by atoms with Crippen LogP contribution in [0.2, 0.25) is 0 Å². The summed E-state index contributed by atoms with van der Waals surface area (Å²) in [6.07, 6.45) is -0.550. The molecular formula is C15H21F2N3O4S. The van der Waals surface area contributed by atoms with Crippen LogP contribution in [0.15, 0.2) is 17.0 Å². The number of benzene rings is 1. The van der Waals surface area contributed by atoms with Gasteiger partial charge in [-0.1, -0.05) is 0 Å². The van der Waals surface area contributed by atoms with Crippen molar-refractivity contribution in [3.05, 3.63) is 23.8 Å². The Morgan fingerprint density at radius 3 is 2.44 bits per heavy atom. The molecule has 10 heteroatoms. The summed E-state index contributed by atoms with van der Waals surface area (Å²) < 4.78 is 54.8. The summed E-state index contributed by atoms with van der Waals surface area (Å²) in [5.41, 5.74) is -1.32. The fraction of sp³-hybridized carbons (Fsp3) is 0.533. The van der Waals surface area contributed by atoms with Crippen LogP contribution in [0.1, 0.15) is 27.2 Å². The lowest BCUT2D eigenvalue weighted by Crippen LogP contribution is -2.41. The third kappa shape index (κ3) is 4.94. The number of hydrogen-bond donors (Lipinski definition) is 4. The van der Waals surface area contributed by atoms with Crippen molar-refractivity contribution in [1.82, 2.24) is 10.0 Å². The summed E-state index contributed by atoms with van der Waals surface area (Å²) in [5.74, 6) is -3.00. The zero-order chi connectivity index (χ0) is 19.0. The monoisotopic (exact) mass is 377 g/mol. The Labute approximate surface area is 144 Å². The molecular weight excluding hydrogens is 356 g/mol. The van der Waals surface area contributed by atoms with Crippen LogP contribution in [0.25, 0.3) is 0 Å². The second-order valence-corrected chi connectivity index (χ2v) is 8.61. The Morgan fingerprint density at radius 2 is 1.92 bits per heavy atom. The fourth-order valence-electron chi connectivity index (χ4n) is 2.43. The van der Waals surface area contributed by atoms with Crippen molar-refractivity contribution in [2.24, 2.45) is 0 Å². The van der Waals surface area contributed by atoms with Gasteiger partial charge in [-0.15, -0.1) is 0 Å². The highest BCUT2D eigenvalue weighted by Gasteiger charge is 2.30. The topological polar surface area (TPSA) is 108 Å². The van der Waals surface area contributed by atoms with E-state index in [0.29, 0.717) is 6.07 Å². The molecule has 1 aliphatic heterocycles. The first-order valence-electron chi connectivity index (χ1n) is 7.64. The zero-order valence-corrected chi connectivity index (χ0v) is 14.9. The molecule has 1 saturated heterocycles. The van der Waals surface area contributed by atoms with Gasteiger partial charge in [0.15, 0.2) is 0 Å². The van der Waals surface area contributed by atoms with Gasteiger partial charge in [0.05, 0.1) is 17.8 Å². The minimum Gasteiger partial charge on any atom is -0.392 e. The van der Waals surface area contributed by atoms with Crippen LogP contribution in [0, 0.1) is 11.6 Å². The van der Waals surface area contributed by atoms with E-state index in [1.807, 2.05) is 0 Å². The lowest BCUT2D eigenvalue weighted by Gasteiger charge is -2.21. The largest absolute Gasteiger partial charge is 0.392 e. The van der Waals surface area contributed by atoms with Gasteiger partial charge in [-0.2, -0.15) is 0 Å². The number of β-amino-alcohol motifs (C(OH)–C–C–N with tert-alkyl or cyclic N) is 1. The van der Waals surface area contributed by atoms with Gasteiger partial charge in [0, 0.05) is 18.2 Å². The van der Waals surface area contributed by atoms with Crippen LogP contribution in [0.4, 0.5) is 14.5 Å². The van der Waals surface area contributed by atoms with Gasteiger partial charge in [0.2, 0.25) is 15.9 Å². The molecule has 0 spiro atoms. The predicted octanol–water partition coefficient (Wildman–Crippen LogP) is 0.703. The van der Waals surface area contributed by atoms with E-state index in [1.54, 1.807) is 20.8 Å². The number of carbonyl (C=O) groups excluding carboxylic acids is 1. The highest BCUT2D eigenvalue weighted by molar-refractivity contribution is 7.89. The van der Waals surface area contributed by atoms with E-state index in [4.69, 9.17) is 0 Å². The van der Waals surface area contributed by atoms with Crippen molar-refractivity contribution in [3.8, 4) is 0 Å². The first kappa shape index (κ1) is 19.7. The van der Waals surface area contributed by atoms with Crippen molar-refractivity contribution in [1.29, 1.82) is 0 Å². The number of amides is 1. The Balaban J connectivity index is 2.30. The molecule has 1 heterocycles. The molecule has 7 nitrogen and oxygen atoms in total. The lowest BCUT2D eigenvalue weighted by atomic mass is 10.1. The number of aliphatic hydroxyl groups is 1. The van der Waals surface area contributed by atoms with E-state index in [1.165, 1.54) is 0 Å². The minimum absolute atomic E-state index is 0.144. The first-order chi connectivity index (χ1) is 11.4. The number of aliphatic hydroxyl groups excluding tert-OH is 1. The van der Waals surface area contributed by atoms with Gasteiger partial charge < -0.3 is 15.7 Å². The number of nitrogens with one attached hydrogen (secondary N) is 3. The molecule has 25 heavy (non-hydrogen) atoms. The Morgan fingerprint density at radius 1 is 1.28 bits per heavy atom. The van der Waals surface area contributed by atoms with Crippen LogP contribution in [-0.4, -0.2) is 43.7 Å². The second-order valence-electron chi connectivity index (χ2n) is 6.96. The number of carbonyl (C=O) groups is 1.